The molecular formula is C14H22BrNOS. The van der Waals surface area contributed by atoms with Crippen molar-refractivity contribution in [1.82, 2.24) is 5.32 Å². The Kier molecular flexibility index (Phi) is 5.24. The molecule has 2 rings (SSSR count). The van der Waals surface area contributed by atoms with E-state index in [0.29, 0.717) is 12.6 Å². The molecule has 0 saturated heterocycles. The highest BCUT2D eigenvalue weighted by Crippen LogP contribution is 2.29. The van der Waals surface area contributed by atoms with Gasteiger partial charge in [0, 0.05) is 17.5 Å². The molecule has 18 heavy (non-hydrogen) atoms. The normalized spacial score (nSPS) is 21.5. The van der Waals surface area contributed by atoms with Crippen molar-refractivity contribution >= 4 is 27.3 Å². The number of hydrogen-bond donors (Lipinski definition) is 2. The Morgan fingerprint density at radius 3 is 2.56 bits per heavy atom. The number of halogens is 1. The van der Waals surface area contributed by atoms with Gasteiger partial charge < -0.3 is 10.4 Å². The summed E-state index contributed by atoms with van der Waals surface area (Å²) in [7, 11) is 0. The molecule has 102 valence electrons. The zero-order valence-electron chi connectivity index (χ0n) is 10.9. The van der Waals surface area contributed by atoms with Crippen LogP contribution in [-0.2, 0) is 0 Å². The molecule has 4 heteroatoms. The van der Waals surface area contributed by atoms with Gasteiger partial charge in [0.1, 0.15) is 0 Å². The van der Waals surface area contributed by atoms with E-state index < -0.39 is 5.60 Å². The van der Waals surface area contributed by atoms with Crippen molar-refractivity contribution in [3.63, 3.8) is 0 Å². The van der Waals surface area contributed by atoms with Crippen LogP contribution in [0.15, 0.2) is 15.9 Å². The van der Waals surface area contributed by atoms with Crippen LogP contribution in [0.2, 0.25) is 0 Å². The fourth-order valence-corrected chi connectivity index (χ4v) is 4.02. The average molecular weight is 332 g/mol. The van der Waals surface area contributed by atoms with E-state index in [-0.39, 0.29) is 0 Å². The summed E-state index contributed by atoms with van der Waals surface area (Å²) in [5.41, 5.74) is -0.487. The Balaban J connectivity index is 1.86. The zero-order chi connectivity index (χ0) is 13.0. The first kappa shape index (κ1) is 14.5. The Bertz CT molecular complexity index is 372. The standard InChI is InChI=1S/C14H22BrNOS/c1-11(12-6-7-13(15)18-12)16-10-14(17)8-4-2-3-5-9-14/h6-7,11,16-17H,2-5,8-10H2,1H3. The molecule has 2 nitrogen and oxygen atoms in total. The maximum absolute atomic E-state index is 10.6. The Morgan fingerprint density at radius 2 is 2.00 bits per heavy atom. The molecule has 1 unspecified atom stereocenters. The molecule has 1 saturated carbocycles. The minimum atomic E-state index is -0.487. The van der Waals surface area contributed by atoms with Gasteiger partial charge in [0.2, 0.25) is 0 Å². The van der Waals surface area contributed by atoms with E-state index in [1.54, 1.807) is 11.3 Å². The van der Waals surface area contributed by atoms with Crippen molar-refractivity contribution in [2.45, 2.75) is 57.1 Å². The summed E-state index contributed by atoms with van der Waals surface area (Å²) in [4.78, 5) is 1.32. The van der Waals surface area contributed by atoms with Crippen molar-refractivity contribution in [2.75, 3.05) is 6.54 Å². The summed E-state index contributed by atoms with van der Waals surface area (Å²) >= 11 is 5.25. The van der Waals surface area contributed by atoms with Gasteiger partial charge >= 0.3 is 0 Å². The number of hydrogen-bond acceptors (Lipinski definition) is 3. The molecule has 0 radical (unpaired) electrons. The molecule has 0 amide bonds. The van der Waals surface area contributed by atoms with Crippen LogP contribution >= 0.6 is 27.3 Å². The molecule has 0 spiro atoms. The minimum Gasteiger partial charge on any atom is -0.389 e. The predicted octanol–water partition coefficient (Wildman–Crippen LogP) is 4.25. The third kappa shape index (κ3) is 4.05. The lowest BCUT2D eigenvalue weighted by Crippen LogP contribution is -2.40. The van der Waals surface area contributed by atoms with E-state index >= 15 is 0 Å². The van der Waals surface area contributed by atoms with Gasteiger partial charge in [-0.2, -0.15) is 0 Å². The molecular weight excluding hydrogens is 310 g/mol. The van der Waals surface area contributed by atoms with Gasteiger partial charge in [0.25, 0.3) is 0 Å². The van der Waals surface area contributed by atoms with E-state index in [1.807, 2.05) is 0 Å². The summed E-state index contributed by atoms with van der Waals surface area (Å²) in [6.45, 7) is 2.88. The lowest BCUT2D eigenvalue weighted by Gasteiger charge is -2.28. The van der Waals surface area contributed by atoms with Crippen LogP contribution in [0.1, 0.15) is 56.4 Å². The van der Waals surface area contributed by atoms with E-state index in [0.717, 1.165) is 25.7 Å². The SMILES string of the molecule is CC(NCC1(O)CCCCCC1)c1ccc(Br)s1. The molecule has 1 aliphatic rings. The molecule has 1 fully saturated rings. The van der Waals surface area contributed by atoms with Gasteiger partial charge in [-0.25, -0.2) is 0 Å². The van der Waals surface area contributed by atoms with Crippen LogP contribution in [0.3, 0.4) is 0 Å². The van der Waals surface area contributed by atoms with Crippen molar-refractivity contribution in [1.29, 1.82) is 0 Å². The molecule has 1 atom stereocenters. The molecule has 1 aliphatic carbocycles. The van der Waals surface area contributed by atoms with Crippen molar-refractivity contribution in [3.05, 3.63) is 20.8 Å². The highest BCUT2D eigenvalue weighted by atomic mass is 79.9. The summed E-state index contributed by atoms with van der Waals surface area (Å²) in [5.74, 6) is 0. The Hall–Kier alpha value is 0.1000. The van der Waals surface area contributed by atoms with Crippen LogP contribution in [0, 0.1) is 0 Å². The first-order chi connectivity index (χ1) is 8.59. The highest BCUT2D eigenvalue weighted by molar-refractivity contribution is 9.11. The minimum absolute atomic E-state index is 0.313. The summed E-state index contributed by atoms with van der Waals surface area (Å²) in [5, 5.41) is 14.1. The van der Waals surface area contributed by atoms with Gasteiger partial charge in [-0.3, -0.25) is 0 Å². The van der Waals surface area contributed by atoms with E-state index in [1.165, 1.54) is 21.5 Å². The van der Waals surface area contributed by atoms with Crippen molar-refractivity contribution in [2.24, 2.45) is 0 Å². The van der Waals surface area contributed by atoms with Gasteiger partial charge in [0.05, 0.1) is 9.39 Å². The summed E-state index contributed by atoms with van der Waals surface area (Å²) in [6, 6.07) is 4.54. The van der Waals surface area contributed by atoms with Gasteiger partial charge in [0.15, 0.2) is 0 Å². The van der Waals surface area contributed by atoms with Gasteiger partial charge in [-0.1, -0.05) is 25.7 Å². The van der Waals surface area contributed by atoms with Gasteiger partial charge in [-0.15, -0.1) is 11.3 Å². The van der Waals surface area contributed by atoms with E-state index in [2.05, 4.69) is 40.3 Å². The average Bonchev–Trinajstić information content (AvgIpc) is 2.66. The fourth-order valence-electron chi connectivity index (χ4n) is 2.57. The van der Waals surface area contributed by atoms with Crippen LogP contribution in [-0.4, -0.2) is 17.3 Å². The second-order valence-corrected chi connectivity index (χ2v) is 7.88. The number of nitrogens with one attached hydrogen (secondary N) is 1. The van der Waals surface area contributed by atoms with E-state index in [4.69, 9.17) is 0 Å². The molecule has 0 bridgehead atoms. The van der Waals surface area contributed by atoms with Gasteiger partial charge in [-0.05, 0) is 47.8 Å². The molecule has 2 N–H and O–H groups in total. The predicted molar refractivity (Wildman–Crippen MR) is 81.1 cm³/mol. The lowest BCUT2D eigenvalue weighted by atomic mass is 9.94. The first-order valence-electron chi connectivity index (χ1n) is 6.80. The number of thiophene rings is 1. The quantitative estimate of drug-likeness (QED) is 0.808. The Morgan fingerprint density at radius 1 is 1.33 bits per heavy atom. The summed E-state index contributed by atoms with van der Waals surface area (Å²) in [6.07, 6.45) is 6.77. The molecule has 1 heterocycles. The number of aliphatic hydroxyl groups is 1. The zero-order valence-corrected chi connectivity index (χ0v) is 13.3. The maximum atomic E-state index is 10.6. The van der Waals surface area contributed by atoms with Crippen LogP contribution < -0.4 is 5.32 Å². The fraction of sp³-hybridized carbons (Fsp3) is 0.714. The molecule has 1 aromatic heterocycles. The van der Waals surface area contributed by atoms with Crippen molar-refractivity contribution < 1.29 is 5.11 Å². The third-order valence-corrected chi connectivity index (χ3v) is 5.60. The topological polar surface area (TPSA) is 32.3 Å². The molecule has 0 aliphatic heterocycles. The first-order valence-corrected chi connectivity index (χ1v) is 8.41. The van der Waals surface area contributed by atoms with E-state index in [9.17, 15) is 5.11 Å². The third-order valence-electron chi connectivity index (χ3n) is 3.79. The van der Waals surface area contributed by atoms with Crippen LogP contribution in [0.25, 0.3) is 0 Å². The molecule has 1 aromatic rings. The monoisotopic (exact) mass is 331 g/mol. The van der Waals surface area contributed by atoms with Crippen molar-refractivity contribution in [3.8, 4) is 0 Å². The Labute approximate surface area is 122 Å². The van der Waals surface area contributed by atoms with Crippen LogP contribution in [0.4, 0.5) is 0 Å². The summed E-state index contributed by atoms with van der Waals surface area (Å²) < 4.78 is 1.17. The highest BCUT2D eigenvalue weighted by Gasteiger charge is 2.28. The largest absolute Gasteiger partial charge is 0.389 e. The smallest absolute Gasteiger partial charge is 0.0771 e. The van der Waals surface area contributed by atoms with Crippen LogP contribution in [0.5, 0.6) is 0 Å². The maximum Gasteiger partial charge on any atom is 0.0771 e. The number of rotatable bonds is 4. The second kappa shape index (κ2) is 6.51. The molecule has 0 aromatic carbocycles. The second-order valence-electron chi connectivity index (χ2n) is 5.38. The lowest BCUT2D eigenvalue weighted by molar-refractivity contribution is 0.0232.